The van der Waals surface area contributed by atoms with Crippen molar-refractivity contribution in [3.05, 3.63) is 31.9 Å². The van der Waals surface area contributed by atoms with Gasteiger partial charge in [-0.15, -0.1) is 0 Å². The molecule has 0 bridgehead atoms. The Kier molecular flexibility index (Phi) is 5.38. The molecule has 0 aliphatic carbocycles. The van der Waals surface area contributed by atoms with Crippen molar-refractivity contribution in [1.82, 2.24) is 5.32 Å². The molecule has 1 aromatic carbocycles. The Morgan fingerprint density at radius 1 is 1.47 bits per heavy atom. The molecule has 1 heterocycles. The van der Waals surface area contributed by atoms with Gasteiger partial charge in [-0.25, -0.2) is 0 Å². The van der Waals surface area contributed by atoms with E-state index in [1.807, 2.05) is 0 Å². The standard InChI is InChI=1S/C13H17IN2O3/c14-12-9-11(16(17)18)4-5-13(12)19-8-6-10-3-1-2-7-15-10/h4-5,9-10,15H,1-3,6-8H2. The summed E-state index contributed by atoms with van der Waals surface area (Å²) in [6, 6.07) is 5.24. The van der Waals surface area contributed by atoms with Gasteiger partial charge in [0.15, 0.2) is 0 Å². The van der Waals surface area contributed by atoms with Crippen molar-refractivity contribution in [2.24, 2.45) is 0 Å². The van der Waals surface area contributed by atoms with Crippen LogP contribution in [0.3, 0.4) is 0 Å². The topological polar surface area (TPSA) is 64.4 Å². The number of benzene rings is 1. The van der Waals surface area contributed by atoms with E-state index < -0.39 is 4.92 Å². The van der Waals surface area contributed by atoms with Gasteiger partial charge >= 0.3 is 0 Å². The molecule has 1 aliphatic rings. The summed E-state index contributed by atoms with van der Waals surface area (Å²) in [7, 11) is 0. The number of halogens is 1. The number of nitro benzene ring substituents is 1. The molecule has 1 aromatic rings. The molecule has 1 unspecified atom stereocenters. The summed E-state index contributed by atoms with van der Waals surface area (Å²) < 4.78 is 6.49. The molecule has 1 N–H and O–H groups in total. The summed E-state index contributed by atoms with van der Waals surface area (Å²) >= 11 is 2.07. The summed E-state index contributed by atoms with van der Waals surface area (Å²) in [5.41, 5.74) is 0.102. The van der Waals surface area contributed by atoms with Gasteiger partial charge in [-0.1, -0.05) is 6.42 Å². The Bertz CT molecular complexity index is 448. The van der Waals surface area contributed by atoms with Gasteiger partial charge in [-0.2, -0.15) is 0 Å². The third-order valence-corrected chi connectivity index (χ3v) is 4.11. The Hall–Kier alpha value is -0.890. The third-order valence-electron chi connectivity index (χ3n) is 3.26. The summed E-state index contributed by atoms with van der Waals surface area (Å²) in [5, 5.41) is 14.1. The van der Waals surface area contributed by atoms with Gasteiger partial charge in [0.1, 0.15) is 5.75 Å². The number of ether oxygens (including phenoxy) is 1. The van der Waals surface area contributed by atoms with Crippen molar-refractivity contribution >= 4 is 28.3 Å². The van der Waals surface area contributed by atoms with Crippen molar-refractivity contribution in [3.8, 4) is 5.75 Å². The van der Waals surface area contributed by atoms with Gasteiger partial charge in [0.25, 0.3) is 5.69 Å². The number of hydrogen-bond acceptors (Lipinski definition) is 4. The van der Waals surface area contributed by atoms with E-state index in [0.29, 0.717) is 12.6 Å². The van der Waals surface area contributed by atoms with E-state index in [1.165, 1.54) is 31.4 Å². The molecule has 0 aromatic heterocycles. The first-order valence-electron chi connectivity index (χ1n) is 6.47. The fraction of sp³-hybridized carbons (Fsp3) is 0.538. The minimum atomic E-state index is -0.391. The van der Waals surface area contributed by atoms with E-state index in [4.69, 9.17) is 4.74 Å². The maximum Gasteiger partial charge on any atom is 0.270 e. The lowest BCUT2D eigenvalue weighted by Crippen LogP contribution is -2.35. The highest BCUT2D eigenvalue weighted by Crippen LogP contribution is 2.25. The van der Waals surface area contributed by atoms with E-state index in [0.717, 1.165) is 22.3 Å². The van der Waals surface area contributed by atoms with Gasteiger partial charge in [0.2, 0.25) is 0 Å². The quantitative estimate of drug-likeness (QED) is 0.487. The first-order valence-corrected chi connectivity index (χ1v) is 7.55. The Morgan fingerprint density at radius 3 is 2.95 bits per heavy atom. The number of nitrogens with one attached hydrogen (secondary N) is 1. The molecule has 0 amide bonds. The minimum absolute atomic E-state index is 0.102. The molecule has 0 saturated carbocycles. The molecular weight excluding hydrogens is 359 g/mol. The molecule has 2 rings (SSSR count). The summed E-state index contributed by atoms with van der Waals surface area (Å²) in [5.74, 6) is 0.724. The average molecular weight is 376 g/mol. The molecule has 1 fully saturated rings. The molecule has 104 valence electrons. The van der Waals surface area contributed by atoms with Crippen LogP contribution in [0.5, 0.6) is 5.75 Å². The van der Waals surface area contributed by atoms with Crippen LogP contribution < -0.4 is 10.1 Å². The van der Waals surface area contributed by atoms with Crippen LogP contribution in [0.25, 0.3) is 0 Å². The number of hydrogen-bond donors (Lipinski definition) is 1. The van der Waals surface area contributed by atoms with E-state index in [-0.39, 0.29) is 5.69 Å². The second kappa shape index (κ2) is 7.04. The van der Waals surface area contributed by atoms with Gasteiger partial charge in [0, 0.05) is 18.2 Å². The fourth-order valence-corrected chi connectivity index (χ4v) is 2.86. The molecule has 1 atom stereocenters. The van der Waals surface area contributed by atoms with Crippen LogP contribution in [0.15, 0.2) is 18.2 Å². The van der Waals surface area contributed by atoms with Crippen LogP contribution >= 0.6 is 22.6 Å². The zero-order valence-corrected chi connectivity index (χ0v) is 12.8. The first-order chi connectivity index (χ1) is 9.16. The van der Waals surface area contributed by atoms with Crippen LogP contribution in [-0.4, -0.2) is 24.1 Å². The minimum Gasteiger partial charge on any atom is -0.492 e. The van der Waals surface area contributed by atoms with Gasteiger partial charge < -0.3 is 10.1 Å². The number of nitro groups is 1. The lowest BCUT2D eigenvalue weighted by atomic mass is 10.0. The number of rotatable bonds is 5. The van der Waals surface area contributed by atoms with Crippen molar-refractivity contribution in [2.45, 2.75) is 31.7 Å². The van der Waals surface area contributed by atoms with E-state index in [1.54, 1.807) is 6.07 Å². The molecular formula is C13H17IN2O3. The molecule has 5 nitrogen and oxygen atoms in total. The predicted molar refractivity (Wildman–Crippen MR) is 81.6 cm³/mol. The van der Waals surface area contributed by atoms with E-state index in [9.17, 15) is 10.1 Å². The normalized spacial score (nSPS) is 19.1. The van der Waals surface area contributed by atoms with E-state index >= 15 is 0 Å². The van der Waals surface area contributed by atoms with Gasteiger partial charge in [-0.3, -0.25) is 10.1 Å². The van der Waals surface area contributed by atoms with Crippen LogP contribution in [0.4, 0.5) is 5.69 Å². The number of nitrogens with zero attached hydrogens (tertiary/aromatic N) is 1. The highest BCUT2D eigenvalue weighted by Gasteiger charge is 2.13. The van der Waals surface area contributed by atoms with E-state index in [2.05, 4.69) is 27.9 Å². The molecule has 0 radical (unpaired) electrons. The van der Waals surface area contributed by atoms with Gasteiger partial charge in [-0.05, 0) is 54.5 Å². The maximum absolute atomic E-state index is 10.6. The molecule has 1 saturated heterocycles. The molecule has 6 heteroatoms. The monoisotopic (exact) mass is 376 g/mol. The van der Waals surface area contributed by atoms with Crippen molar-refractivity contribution in [2.75, 3.05) is 13.2 Å². The van der Waals surface area contributed by atoms with Crippen molar-refractivity contribution < 1.29 is 9.66 Å². The zero-order chi connectivity index (χ0) is 13.7. The number of piperidine rings is 1. The number of non-ortho nitro benzene ring substituents is 1. The summed E-state index contributed by atoms with van der Waals surface area (Å²) in [6.45, 7) is 1.74. The zero-order valence-electron chi connectivity index (χ0n) is 10.6. The molecule has 1 aliphatic heterocycles. The van der Waals surface area contributed by atoms with Crippen LogP contribution in [0.1, 0.15) is 25.7 Å². The second-order valence-corrected chi connectivity index (χ2v) is 5.82. The maximum atomic E-state index is 10.6. The fourth-order valence-electron chi connectivity index (χ4n) is 2.20. The largest absolute Gasteiger partial charge is 0.492 e. The van der Waals surface area contributed by atoms with Gasteiger partial charge in [0.05, 0.1) is 15.1 Å². The lowest BCUT2D eigenvalue weighted by molar-refractivity contribution is -0.385. The Labute approximate surface area is 126 Å². The SMILES string of the molecule is O=[N+]([O-])c1ccc(OCCC2CCCCN2)c(I)c1. The Balaban J connectivity index is 1.83. The molecule has 19 heavy (non-hydrogen) atoms. The van der Waals surface area contributed by atoms with Crippen LogP contribution in [0, 0.1) is 13.7 Å². The van der Waals surface area contributed by atoms with Crippen LogP contribution in [-0.2, 0) is 0 Å². The highest BCUT2D eigenvalue weighted by molar-refractivity contribution is 14.1. The summed E-state index contributed by atoms with van der Waals surface area (Å²) in [4.78, 5) is 10.2. The average Bonchev–Trinajstić information content (AvgIpc) is 2.41. The third kappa shape index (κ3) is 4.31. The summed E-state index contributed by atoms with van der Waals surface area (Å²) in [6.07, 6.45) is 4.73. The predicted octanol–water partition coefficient (Wildman–Crippen LogP) is 3.11. The van der Waals surface area contributed by atoms with Crippen molar-refractivity contribution in [1.29, 1.82) is 0 Å². The molecule has 0 spiro atoms. The van der Waals surface area contributed by atoms with Crippen molar-refractivity contribution in [3.63, 3.8) is 0 Å². The smallest absolute Gasteiger partial charge is 0.270 e. The Morgan fingerprint density at radius 2 is 2.32 bits per heavy atom. The first kappa shape index (κ1) is 14.5. The lowest BCUT2D eigenvalue weighted by Gasteiger charge is -2.23. The second-order valence-electron chi connectivity index (χ2n) is 4.66. The van der Waals surface area contributed by atoms with Crippen LogP contribution in [0.2, 0.25) is 0 Å². The highest BCUT2D eigenvalue weighted by atomic mass is 127.